The number of benzene rings is 3. The maximum atomic E-state index is 14.6. The van der Waals surface area contributed by atoms with Gasteiger partial charge in [0, 0.05) is 35.1 Å². The van der Waals surface area contributed by atoms with Gasteiger partial charge in [-0.25, -0.2) is 12.8 Å². The van der Waals surface area contributed by atoms with Crippen molar-refractivity contribution >= 4 is 50.7 Å². The summed E-state index contributed by atoms with van der Waals surface area (Å²) in [5.74, 6) is -1.98. The molecule has 0 aliphatic carbocycles. The molecule has 3 aromatic carbocycles. The predicted octanol–water partition coefficient (Wildman–Crippen LogP) is 4.67. The van der Waals surface area contributed by atoms with Crippen molar-refractivity contribution in [2.75, 3.05) is 23.7 Å². The number of anilines is 1. The normalized spacial score (nSPS) is 12.0. The molecule has 0 radical (unpaired) electrons. The van der Waals surface area contributed by atoms with Gasteiger partial charge in [0.2, 0.25) is 21.8 Å². The maximum absolute atomic E-state index is 14.6. The Morgan fingerprint density at radius 1 is 0.947 bits per heavy atom. The van der Waals surface area contributed by atoms with E-state index in [9.17, 15) is 22.4 Å². The van der Waals surface area contributed by atoms with Crippen molar-refractivity contribution in [1.82, 2.24) is 10.2 Å². The largest absolute Gasteiger partial charge is 0.355 e. The van der Waals surface area contributed by atoms with Crippen LogP contribution in [0.25, 0.3) is 0 Å². The Hall–Kier alpha value is -3.14. The molecule has 1 atom stereocenters. The van der Waals surface area contributed by atoms with Gasteiger partial charge in [-0.05, 0) is 36.8 Å². The summed E-state index contributed by atoms with van der Waals surface area (Å²) in [5.41, 5.74) is 0.890. The third kappa shape index (κ3) is 7.46. The standard InChI is InChI=1S/C27H28Cl2FN3O4S/c1-3-31-27(35)25(16-19-10-5-4-6-11-19)32(17-20-21(28)12-9-13-22(20)29)26(34)18-33(38(2,36)37)24-15-8-7-14-23(24)30/h4-15,25H,3,16-18H2,1-2H3,(H,31,35). The molecule has 3 rings (SSSR count). The number of carbonyl (C=O) groups is 2. The molecule has 0 saturated heterocycles. The summed E-state index contributed by atoms with van der Waals surface area (Å²) in [7, 11) is -4.08. The summed E-state index contributed by atoms with van der Waals surface area (Å²) in [6.07, 6.45) is 1.02. The van der Waals surface area contributed by atoms with Crippen LogP contribution < -0.4 is 9.62 Å². The number of likely N-dealkylation sites (N-methyl/N-ethyl adjacent to an activating group) is 1. The first-order valence-corrected chi connectivity index (χ1v) is 14.4. The van der Waals surface area contributed by atoms with Gasteiger partial charge in [0.1, 0.15) is 18.4 Å². The molecule has 1 N–H and O–H groups in total. The molecule has 0 fully saturated rings. The number of sulfonamides is 1. The van der Waals surface area contributed by atoms with Crippen molar-refractivity contribution in [2.45, 2.75) is 25.9 Å². The number of rotatable bonds is 11. The Labute approximate surface area is 232 Å². The fourth-order valence-corrected chi connectivity index (χ4v) is 5.32. The highest BCUT2D eigenvalue weighted by atomic mass is 35.5. The fraction of sp³-hybridized carbons (Fsp3) is 0.259. The van der Waals surface area contributed by atoms with E-state index in [-0.39, 0.29) is 28.7 Å². The maximum Gasteiger partial charge on any atom is 0.244 e. The number of para-hydroxylation sites is 1. The van der Waals surface area contributed by atoms with Gasteiger partial charge in [-0.1, -0.05) is 71.7 Å². The molecule has 0 bridgehead atoms. The molecule has 0 aliphatic heterocycles. The third-order valence-corrected chi connectivity index (χ3v) is 7.65. The average Bonchev–Trinajstić information content (AvgIpc) is 2.86. The van der Waals surface area contributed by atoms with Crippen molar-refractivity contribution in [2.24, 2.45) is 0 Å². The van der Waals surface area contributed by atoms with E-state index in [4.69, 9.17) is 23.2 Å². The van der Waals surface area contributed by atoms with Crippen molar-refractivity contribution in [3.63, 3.8) is 0 Å². The highest BCUT2D eigenvalue weighted by Crippen LogP contribution is 2.28. The molecule has 202 valence electrons. The highest BCUT2D eigenvalue weighted by Gasteiger charge is 2.34. The first-order valence-electron chi connectivity index (χ1n) is 11.8. The molecule has 11 heteroatoms. The minimum atomic E-state index is -4.08. The van der Waals surface area contributed by atoms with Crippen LogP contribution in [-0.4, -0.2) is 50.5 Å². The van der Waals surface area contributed by atoms with Crippen LogP contribution >= 0.6 is 23.2 Å². The van der Waals surface area contributed by atoms with Crippen LogP contribution in [0.1, 0.15) is 18.1 Å². The van der Waals surface area contributed by atoms with Gasteiger partial charge in [-0.15, -0.1) is 0 Å². The Kier molecular flexibility index (Phi) is 10.1. The number of hydrogen-bond acceptors (Lipinski definition) is 4. The predicted molar refractivity (Wildman–Crippen MR) is 148 cm³/mol. The van der Waals surface area contributed by atoms with Gasteiger partial charge in [0.05, 0.1) is 11.9 Å². The molecule has 1 unspecified atom stereocenters. The van der Waals surface area contributed by atoms with Crippen LogP contribution in [0, 0.1) is 5.82 Å². The number of amides is 2. The molecule has 0 heterocycles. The topological polar surface area (TPSA) is 86.8 Å². The summed E-state index contributed by atoms with van der Waals surface area (Å²) < 4.78 is 40.6. The van der Waals surface area contributed by atoms with E-state index >= 15 is 0 Å². The first-order chi connectivity index (χ1) is 18.0. The van der Waals surface area contributed by atoms with Crippen molar-refractivity contribution < 1.29 is 22.4 Å². The third-order valence-electron chi connectivity index (χ3n) is 5.81. The Balaban J connectivity index is 2.10. The summed E-state index contributed by atoms with van der Waals surface area (Å²) >= 11 is 12.8. The quantitative estimate of drug-likeness (QED) is 0.357. The van der Waals surface area contributed by atoms with E-state index in [1.54, 1.807) is 25.1 Å². The summed E-state index contributed by atoms with van der Waals surface area (Å²) in [6, 6.07) is 18.2. The summed E-state index contributed by atoms with van der Waals surface area (Å²) in [5, 5.41) is 3.30. The van der Waals surface area contributed by atoms with E-state index in [1.807, 2.05) is 30.3 Å². The second kappa shape index (κ2) is 13.1. The average molecular weight is 581 g/mol. The SMILES string of the molecule is CCNC(=O)C(Cc1ccccc1)N(Cc1c(Cl)cccc1Cl)C(=O)CN(c1ccccc1F)S(C)(=O)=O. The molecule has 0 aromatic heterocycles. The lowest BCUT2D eigenvalue weighted by Crippen LogP contribution is -2.53. The van der Waals surface area contributed by atoms with Gasteiger partial charge in [0.15, 0.2) is 0 Å². The molecule has 7 nitrogen and oxygen atoms in total. The van der Waals surface area contributed by atoms with E-state index < -0.39 is 40.2 Å². The van der Waals surface area contributed by atoms with Gasteiger partial charge in [-0.2, -0.15) is 0 Å². The van der Waals surface area contributed by atoms with Crippen molar-refractivity contribution in [3.05, 3.63) is 99.8 Å². The molecule has 0 saturated carbocycles. The molecular weight excluding hydrogens is 552 g/mol. The van der Waals surface area contributed by atoms with Gasteiger partial charge in [0.25, 0.3) is 0 Å². The van der Waals surface area contributed by atoms with Crippen LogP contribution in [0.4, 0.5) is 10.1 Å². The number of nitrogens with one attached hydrogen (secondary N) is 1. The lowest BCUT2D eigenvalue weighted by molar-refractivity contribution is -0.140. The Morgan fingerprint density at radius 3 is 2.13 bits per heavy atom. The molecule has 0 aliphatic rings. The molecule has 0 spiro atoms. The minimum absolute atomic E-state index is 0.138. The van der Waals surface area contributed by atoms with Gasteiger partial charge >= 0.3 is 0 Å². The van der Waals surface area contributed by atoms with Crippen LogP contribution in [0.3, 0.4) is 0 Å². The van der Waals surface area contributed by atoms with E-state index in [0.29, 0.717) is 16.4 Å². The Bertz CT molecular complexity index is 1370. The zero-order valence-electron chi connectivity index (χ0n) is 20.9. The lowest BCUT2D eigenvalue weighted by Gasteiger charge is -2.33. The number of hydrogen-bond donors (Lipinski definition) is 1. The molecule has 2 amide bonds. The summed E-state index contributed by atoms with van der Waals surface area (Å²) in [4.78, 5) is 28.4. The molecular formula is C27H28Cl2FN3O4S. The van der Waals surface area contributed by atoms with E-state index in [2.05, 4.69) is 5.32 Å². The highest BCUT2D eigenvalue weighted by molar-refractivity contribution is 7.92. The second-order valence-corrected chi connectivity index (χ2v) is 11.3. The fourth-order valence-electron chi connectivity index (χ4n) is 3.95. The summed E-state index contributed by atoms with van der Waals surface area (Å²) in [6.45, 7) is 1.13. The van der Waals surface area contributed by atoms with Crippen molar-refractivity contribution in [1.29, 1.82) is 0 Å². The van der Waals surface area contributed by atoms with E-state index in [0.717, 1.165) is 17.9 Å². The zero-order chi connectivity index (χ0) is 27.9. The monoisotopic (exact) mass is 579 g/mol. The van der Waals surface area contributed by atoms with Crippen LogP contribution in [0.15, 0.2) is 72.8 Å². The number of halogens is 3. The van der Waals surface area contributed by atoms with Crippen LogP contribution in [0.2, 0.25) is 10.0 Å². The van der Waals surface area contributed by atoms with Crippen molar-refractivity contribution in [3.8, 4) is 0 Å². The second-order valence-electron chi connectivity index (χ2n) is 8.54. The minimum Gasteiger partial charge on any atom is -0.355 e. The Morgan fingerprint density at radius 2 is 1.55 bits per heavy atom. The number of carbonyl (C=O) groups excluding carboxylic acids is 2. The molecule has 3 aromatic rings. The number of nitrogens with zero attached hydrogens (tertiary/aromatic N) is 2. The van der Waals surface area contributed by atoms with Crippen LogP contribution in [0.5, 0.6) is 0 Å². The van der Waals surface area contributed by atoms with Gasteiger partial charge in [-0.3, -0.25) is 13.9 Å². The smallest absolute Gasteiger partial charge is 0.244 e. The van der Waals surface area contributed by atoms with Gasteiger partial charge < -0.3 is 10.2 Å². The van der Waals surface area contributed by atoms with Crippen LogP contribution in [-0.2, 0) is 32.6 Å². The van der Waals surface area contributed by atoms with E-state index in [1.165, 1.54) is 23.1 Å². The molecule has 38 heavy (non-hydrogen) atoms. The first kappa shape index (κ1) is 29.4. The lowest BCUT2D eigenvalue weighted by atomic mass is 10.0. The zero-order valence-corrected chi connectivity index (χ0v) is 23.2.